The van der Waals surface area contributed by atoms with E-state index in [1.807, 2.05) is 30.5 Å². The lowest BCUT2D eigenvalue weighted by atomic mass is 10.0. The van der Waals surface area contributed by atoms with E-state index in [1.165, 1.54) is 12.1 Å². The number of benzene rings is 2. The Balaban J connectivity index is 2.04. The molecule has 2 aromatic carbocycles. The molecule has 1 aromatic heterocycles. The summed E-state index contributed by atoms with van der Waals surface area (Å²) in [5.74, 6) is 0. The molecule has 0 aliphatic carbocycles. The van der Waals surface area contributed by atoms with Gasteiger partial charge in [0.2, 0.25) is 0 Å². The topological polar surface area (TPSA) is 82.7 Å². The quantitative estimate of drug-likeness (QED) is 0.447. The van der Waals surface area contributed by atoms with Crippen LogP contribution in [-0.4, -0.2) is 9.91 Å². The third-order valence-corrected chi connectivity index (χ3v) is 3.43. The molecule has 22 heavy (non-hydrogen) atoms. The SMILES string of the molecule is N#C/C(=C/c1c[nH]c2ccccc12)c1ccc([N+](=O)[O-])cc1. The maximum Gasteiger partial charge on any atom is 0.269 e. The van der Waals surface area contributed by atoms with Crippen LogP contribution >= 0.6 is 0 Å². The number of allylic oxidation sites excluding steroid dienone is 1. The van der Waals surface area contributed by atoms with E-state index in [4.69, 9.17) is 0 Å². The summed E-state index contributed by atoms with van der Waals surface area (Å²) in [5.41, 5.74) is 3.02. The summed E-state index contributed by atoms with van der Waals surface area (Å²) < 4.78 is 0. The number of rotatable bonds is 3. The summed E-state index contributed by atoms with van der Waals surface area (Å²) in [6.07, 6.45) is 3.62. The molecule has 0 amide bonds. The van der Waals surface area contributed by atoms with Gasteiger partial charge in [-0.2, -0.15) is 5.26 Å². The molecule has 5 heteroatoms. The summed E-state index contributed by atoms with van der Waals surface area (Å²) in [7, 11) is 0. The minimum absolute atomic E-state index is 0.00753. The monoisotopic (exact) mass is 289 g/mol. The number of nitrogens with zero attached hydrogens (tertiary/aromatic N) is 2. The molecule has 0 fully saturated rings. The molecule has 0 bridgehead atoms. The van der Waals surface area contributed by atoms with Crippen molar-refractivity contribution in [2.45, 2.75) is 0 Å². The van der Waals surface area contributed by atoms with Gasteiger partial charge in [0, 0.05) is 34.8 Å². The van der Waals surface area contributed by atoms with Gasteiger partial charge in [0.15, 0.2) is 0 Å². The van der Waals surface area contributed by atoms with E-state index in [0.29, 0.717) is 11.1 Å². The fourth-order valence-electron chi connectivity index (χ4n) is 2.31. The molecule has 0 atom stereocenters. The van der Waals surface area contributed by atoms with E-state index in [1.54, 1.807) is 18.2 Å². The number of nitro groups is 1. The van der Waals surface area contributed by atoms with Crippen LogP contribution in [0.5, 0.6) is 0 Å². The van der Waals surface area contributed by atoms with Crippen LogP contribution in [0.25, 0.3) is 22.6 Å². The van der Waals surface area contributed by atoms with E-state index in [2.05, 4.69) is 11.1 Å². The van der Waals surface area contributed by atoms with Gasteiger partial charge < -0.3 is 4.98 Å². The van der Waals surface area contributed by atoms with Crippen LogP contribution < -0.4 is 0 Å². The molecule has 1 N–H and O–H groups in total. The average Bonchev–Trinajstić information content (AvgIpc) is 2.96. The lowest BCUT2D eigenvalue weighted by Gasteiger charge is -1.99. The van der Waals surface area contributed by atoms with E-state index < -0.39 is 4.92 Å². The van der Waals surface area contributed by atoms with Crippen LogP contribution in [0.2, 0.25) is 0 Å². The number of aromatic nitrogens is 1. The second-order valence-electron chi connectivity index (χ2n) is 4.76. The summed E-state index contributed by atoms with van der Waals surface area (Å²) >= 11 is 0. The second kappa shape index (κ2) is 5.54. The molecule has 0 spiro atoms. The molecule has 0 saturated heterocycles. The Morgan fingerprint density at radius 2 is 1.91 bits per heavy atom. The third kappa shape index (κ3) is 2.45. The van der Waals surface area contributed by atoms with E-state index >= 15 is 0 Å². The van der Waals surface area contributed by atoms with Crippen molar-refractivity contribution in [1.82, 2.24) is 4.98 Å². The molecule has 5 nitrogen and oxygen atoms in total. The highest BCUT2D eigenvalue weighted by Crippen LogP contribution is 2.24. The second-order valence-corrected chi connectivity index (χ2v) is 4.76. The Hall–Kier alpha value is -3.39. The maximum absolute atomic E-state index is 10.7. The highest BCUT2D eigenvalue weighted by Gasteiger charge is 2.08. The van der Waals surface area contributed by atoms with Crippen molar-refractivity contribution in [1.29, 1.82) is 5.26 Å². The van der Waals surface area contributed by atoms with Gasteiger partial charge in [0.25, 0.3) is 5.69 Å². The fourth-order valence-corrected chi connectivity index (χ4v) is 2.31. The summed E-state index contributed by atoms with van der Waals surface area (Å²) in [6.45, 7) is 0. The first-order chi connectivity index (χ1) is 10.7. The molecule has 0 aliphatic rings. The molecule has 1 heterocycles. The zero-order chi connectivity index (χ0) is 15.5. The van der Waals surface area contributed by atoms with Crippen molar-refractivity contribution in [2.75, 3.05) is 0 Å². The summed E-state index contributed by atoms with van der Waals surface area (Å²) in [6, 6.07) is 15.9. The number of nitro benzene ring substituents is 1. The molecule has 106 valence electrons. The van der Waals surface area contributed by atoms with Crippen LogP contribution in [0.1, 0.15) is 11.1 Å². The first-order valence-corrected chi connectivity index (χ1v) is 6.62. The first-order valence-electron chi connectivity index (χ1n) is 6.62. The van der Waals surface area contributed by atoms with Gasteiger partial charge in [0.1, 0.15) is 0 Å². The van der Waals surface area contributed by atoms with Crippen molar-refractivity contribution >= 4 is 28.2 Å². The molecule has 3 rings (SSSR count). The Bertz CT molecular complexity index is 915. The van der Waals surface area contributed by atoms with E-state index in [9.17, 15) is 15.4 Å². The Labute approximate surface area is 126 Å². The van der Waals surface area contributed by atoms with Gasteiger partial charge in [-0.25, -0.2) is 0 Å². The number of nitrogens with one attached hydrogen (secondary N) is 1. The predicted octanol–water partition coefficient (Wildman–Crippen LogP) is 4.14. The van der Waals surface area contributed by atoms with Gasteiger partial charge in [-0.05, 0) is 29.8 Å². The zero-order valence-corrected chi connectivity index (χ0v) is 11.5. The Kier molecular flexibility index (Phi) is 3.42. The maximum atomic E-state index is 10.7. The minimum Gasteiger partial charge on any atom is -0.361 e. The highest BCUT2D eigenvalue weighted by molar-refractivity contribution is 5.97. The number of H-pyrrole nitrogens is 1. The highest BCUT2D eigenvalue weighted by atomic mass is 16.6. The fraction of sp³-hybridized carbons (Fsp3) is 0. The Morgan fingerprint density at radius 3 is 2.59 bits per heavy atom. The minimum atomic E-state index is -0.459. The average molecular weight is 289 g/mol. The summed E-state index contributed by atoms with van der Waals surface area (Å²) in [5, 5.41) is 21.1. The molecule has 3 aromatic rings. The van der Waals surface area contributed by atoms with Crippen molar-refractivity contribution in [3.8, 4) is 6.07 Å². The van der Waals surface area contributed by atoms with Crippen molar-refractivity contribution in [3.63, 3.8) is 0 Å². The molecule has 0 radical (unpaired) electrons. The predicted molar refractivity (Wildman–Crippen MR) is 84.9 cm³/mol. The van der Waals surface area contributed by atoms with Crippen LogP contribution in [0.4, 0.5) is 5.69 Å². The number of aromatic amines is 1. The van der Waals surface area contributed by atoms with Gasteiger partial charge in [-0.15, -0.1) is 0 Å². The molecule has 0 unspecified atom stereocenters. The number of hydrogen-bond donors (Lipinski definition) is 1. The smallest absolute Gasteiger partial charge is 0.269 e. The normalized spacial score (nSPS) is 11.3. The third-order valence-electron chi connectivity index (χ3n) is 3.43. The van der Waals surface area contributed by atoms with E-state index in [0.717, 1.165) is 16.5 Å². The van der Waals surface area contributed by atoms with Gasteiger partial charge >= 0.3 is 0 Å². The first kappa shape index (κ1) is 13.6. The van der Waals surface area contributed by atoms with Crippen molar-refractivity contribution in [3.05, 3.63) is 76.0 Å². The van der Waals surface area contributed by atoms with Gasteiger partial charge in [0.05, 0.1) is 16.6 Å². The number of non-ortho nitro benzene ring substituents is 1. The number of hydrogen-bond acceptors (Lipinski definition) is 3. The molecule has 0 aliphatic heterocycles. The van der Waals surface area contributed by atoms with Gasteiger partial charge in [-0.3, -0.25) is 10.1 Å². The number of para-hydroxylation sites is 1. The molecular weight excluding hydrogens is 278 g/mol. The molecular formula is C17H11N3O2. The van der Waals surface area contributed by atoms with Crippen LogP contribution in [0, 0.1) is 21.4 Å². The van der Waals surface area contributed by atoms with Crippen LogP contribution in [0.15, 0.2) is 54.7 Å². The molecule has 0 saturated carbocycles. The largest absolute Gasteiger partial charge is 0.361 e. The van der Waals surface area contributed by atoms with Crippen molar-refractivity contribution < 1.29 is 4.92 Å². The standard InChI is InChI=1S/C17H11N3O2/c18-10-13(12-5-7-15(8-6-12)20(21)22)9-14-11-19-17-4-2-1-3-16(14)17/h1-9,11,19H/b13-9-. The van der Waals surface area contributed by atoms with E-state index in [-0.39, 0.29) is 5.69 Å². The van der Waals surface area contributed by atoms with Crippen LogP contribution in [-0.2, 0) is 0 Å². The zero-order valence-electron chi connectivity index (χ0n) is 11.5. The lowest BCUT2D eigenvalue weighted by molar-refractivity contribution is -0.384. The van der Waals surface area contributed by atoms with Crippen molar-refractivity contribution in [2.24, 2.45) is 0 Å². The Morgan fingerprint density at radius 1 is 1.18 bits per heavy atom. The van der Waals surface area contributed by atoms with Gasteiger partial charge in [-0.1, -0.05) is 18.2 Å². The summed E-state index contributed by atoms with van der Waals surface area (Å²) in [4.78, 5) is 13.4. The number of nitriles is 1. The lowest BCUT2D eigenvalue weighted by Crippen LogP contribution is -1.88. The number of fused-ring (bicyclic) bond motifs is 1. The van der Waals surface area contributed by atoms with Crippen LogP contribution in [0.3, 0.4) is 0 Å².